The Hall–Kier alpha value is -3.16. The summed E-state index contributed by atoms with van der Waals surface area (Å²) in [6.45, 7) is 0. The van der Waals surface area contributed by atoms with Gasteiger partial charge < -0.3 is 20.4 Å². The van der Waals surface area contributed by atoms with Gasteiger partial charge in [0.25, 0.3) is 0 Å². The van der Waals surface area contributed by atoms with Crippen molar-refractivity contribution in [3.63, 3.8) is 0 Å². The summed E-state index contributed by atoms with van der Waals surface area (Å²) in [5.74, 6) is -4.08. The number of carbonyl (C=O) groups is 2. The van der Waals surface area contributed by atoms with Gasteiger partial charge in [0, 0.05) is 6.42 Å². The number of phenolic OH excluding ortho intramolecular Hbond substituents is 1. The number of phenols is 1. The average Bonchev–Trinajstić information content (AvgIpc) is 2.47. The molecule has 0 amide bonds. The predicted molar refractivity (Wildman–Crippen MR) is 73.7 cm³/mol. The molecule has 22 heavy (non-hydrogen) atoms. The molecule has 4 N–H and O–H groups in total. The number of hydrogen-bond acceptors (Lipinski definition) is 6. The zero-order valence-electron chi connectivity index (χ0n) is 11.2. The van der Waals surface area contributed by atoms with Gasteiger partial charge in [-0.25, -0.2) is 0 Å². The topological polar surface area (TPSA) is 140 Å². The molecular formula is C14H12N2O6. The fraction of sp³-hybridized carbons (Fsp3) is 0.143. The minimum atomic E-state index is -2.46. The van der Waals surface area contributed by atoms with Crippen LogP contribution >= 0.6 is 0 Å². The maximum atomic E-state index is 11.3. The number of benzene rings is 1. The molecule has 0 heterocycles. The molecular weight excluding hydrogens is 292 g/mol. The number of rotatable bonds is 4. The van der Waals surface area contributed by atoms with Crippen molar-refractivity contribution < 1.29 is 30.0 Å². The Morgan fingerprint density at radius 2 is 1.55 bits per heavy atom. The molecule has 114 valence electrons. The zero-order valence-corrected chi connectivity index (χ0v) is 11.2. The van der Waals surface area contributed by atoms with E-state index in [1.807, 2.05) is 0 Å². The molecule has 1 aliphatic carbocycles. The third kappa shape index (κ3) is 2.66. The van der Waals surface area contributed by atoms with Gasteiger partial charge in [0.05, 0.1) is 11.4 Å². The van der Waals surface area contributed by atoms with Crippen LogP contribution in [0.25, 0.3) is 0 Å². The molecule has 0 bridgehead atoms. The van der Waals surface area contributed by atoms with Gasteiger partial charge in [0.1, 0.15) is 11.5 Å². The third-order valence-corrected chi connectivity index (χ3v) is 3.19. The van der Waals surface area contributed by atoms with Crippen molar-refractivity contribution in [3.05, 3.63) is 47.9 Å². The van der Waals surface area contributed by atoms with E-state index in [2.05, 4.69) is 10.2 Å². The van der Waals surface area contributed by atoms with Gasteiger partial charge in [0.2, 0.25) is 5.41 Å². The number of aliphatic carboxylic acids is 2. The number of azo groups is 1. The highest BCUT2D eigenvalue weighted by molar-refractivity contribution is 6.02. The van der Waals surface area contributed by atoms with Crippen molar-refractivity contribution in [2.75, 3.05) is 0 Å². The summed E-state index contributed by atoms with van der Waals surface area (Å²) >= 11 is 0. The second-order valence-electron chi connectivity index (χ2n) is 4.62. The molecule has 8 heteroatoms. The molecule has 1 aromatic rings. The summed E-state index contributed by atoms with van der Waals surface area (Å²) < 4.78 is 0. The smallest absolute Gasteiger partial charge is 0.329 e. The average molecular weight is 304 g/mol. The lowest BCUT2D eigenvalue weighted by molar-refractivity contribution is -0.163. The van der Waals surface area contributed by atoms with Crippen LogP contribution in [0.15, 0.2) is 58.1 Å². The van der Waals surface area contributed by atoms with Crippen LogP contribution in [0.2, 0.25) is 0 Å². The van der Waals surface area contributed by atoms with E-state index in [0.29, 0.717) is 5.69 Å². The Morgan fingerprint density at radius 3 is 2.09 bits per heavy atom. The highest BCUT2D eigenvalue weighted by Gasteiger charge is 2.52. The van der Waals surface area contributed by atoms with Crippen LogP contribution in [0.4, 0.5) is 5.69 Å². The molecule has 0 aliphatic heterocycles. The first-order valence-corrected chi connectivity index (χ1v) is 6.14. The van der Waals surface area contributed by atoms with Gasteiger partial charge in [-0.1, -0.05) is 0 Å². The molecule has 0 atom stereocenters. The van der Waals surface area contributed by atoms with Crippen LogP contribution < -0.4 is 0 Å². The third-order valence-electron chi connectivity index (χ3n) is 3.19. The Balaban J connectivity index is 2.29. The number of aliphatic hydroxyl groups is 1. The summed E-state index contributed by atoms with van der Waals surface area (Å²) in [5.41, 5.74) is -1.97. The summed E-state index contributed by atoms with van der Waals surface area (Å²) in [7, 11) is 0. The highest BCUT2D eigenvalue weighted by atomic mass is 16.4. The van der Waals surface area contributed by atoms with E-state index in [0.717, 1.165) is 6.08 Å². The van der Waals surface area contributed by atoms with Crippen molar-refractivity contribution in [2.45, 2.75) is 6.42 Å². The number of aromatic hydroxyl groups is 1. The Kier molecular flexibility index (Phi) is 3.93. The lowest BCUT2D eigenvalue weighted by Gasteiger charge is -2.26. The number of carboxylic acid groups (broad SMARTS) is 2. The first-order chi connectivity index (χ1) is 10.4. The molecule has 8 nitrogen and oxygen atoms in total. The lowest BCUT2D eigenvalue weighted by atomic mass is 9.78. The van der Waals surface area contributed by atoms with Crippen molar-refractivity contribution in [1.29, 1.82) is 0 Å². The van der Waals surface area contributed by atoms with E-state index >= 15 is 0 Å². The molecule has 0 unspecified atom stereocenters. The van der Waals surface area contributed by atoms with Crippen molar-refractivity contribution >= 4 is 17.6 Å². The van der Waals surface area contributed by atoms with E-state index in [4.69, 9.17) is 15.3 Å². The summed E-state index contributed by atoms with van der Waals surface area (Å²) in [5, 5.41) is 44.7. The van der Waals surface area contributed by atoms with Gasteiger partial charge in [-0.3, -0.25) is 9.59 Å². The summed E-state index contributed by atoms with van der Waals surface area (Å²) in [4.78, 5) is 22.6. The molecule has 1 aromatic carbocycles. The molecule has 2 rings (SSSR count). The van der Waals surface area contributed by atoms with Gasteiger partial charge in [-0.2, -0.15) is 10.2 Å². The monoisotopic (exact) mass is 304 g/mol. The minimum absolute atomic E-state index is 0.0551. The first kappa shape index (κ1) is 15.2. The SMILES string of the molecule is O=C(O)C1(C(=O)O)CC(/N=N/c2ccc(O)cc2)=CC=C1O. The maximum Gasteiger partial charge on any atom is 0.329 e. The number of allylic oxidation sites excluding steroid dienone is 3. The second-order valence-corrected chi connectivity index (χ2v) is 4.62. The lowest BCUT2D eigenvalue weighted by Crippen LogP contribution is -2.42. The summed E-state index contributed by atoms with van der Waals surface area (Å²) in [6.07, 6.45) is 1.75. The summed E-state index contributed by atoms with van der Waals surface area (Å²) in [6, 6.07) is 5.76. The standard InChI is InChI=1S/C14H12N2O6/c17-10-4-1-8(2-5-10)15-16-9-3-6-11(18)14(7-9,12(19)20)13(21)22/h1-6,17-18H,7H2,(H,19,20)(H,21,22)/b16-15+. The second kappa shape index (κ2) is 5.68. The molecule has 0 saturated carbocycles. The molecule has 0 fully saturated rings. The van der Waals surface area contributed by atoms with Gasteiger partial charge in [-0.05, 0) is 36.4 Å². The van der Waals surface area contributed by atoms with E-state index in [1.165, 1.54) is 30.3 Å². The van der Waals surface area contributed by atoms with E-state index < -0.39 is 29.5 Å². The van der Waals surface area contributed by atoms with Gasteiger partial charge in [0.15, 0.2) is 0 Å². The minimum Gasteiger partial charge on any atom is -0.510 e. The van der Waals surface area contributed by atoms with E-state index in [-0.39, 0.29) is 11.4 Å². The first-order valence-electron chi connectivity index (χ1n) is 6.14. The van der Waals surface area contributed by atoms with Crippen LogP contribution in [0.1, 0.15) is 6.42 Å². The molecule has 0 aromatic heterocycles. The number of aliphatic hydroxyl groups excluding tert-OH is 1. The van der Waals surface area contributed by atoms with Gasteiger partial charge >= 0.3 is 11.9 Å². The van der Waals surface area contributed by atoms with Crippen molar-refractivity contribution in [2.24, 2.45) is 15.6 Å². The molecule has 0 saturated heterocycles. The molecule has 1 aliphatic rings. The van der Waals surface area contributed by atoms with E-state index in [1.54, 1.807) is 0 Å². The predicted octanol–water partition coefficient (Wildman–Crippen LogP) is 2.36. The van der Waals surface area contributed by atoms with Crippen molar-refractivity contribution in [1.82, 2.24) is 0 Å². The Morgan fingerprint density at radius 1 is 0.955 bits per heavy atom. The van der Waals surface area contributed by atoms with E-state index in [9.17, 15) is 14.7 Å². The fourth-order valence-corrected chi connectivity index (χ4v) is 1.91. The number of hydrogen-bond donors (Lipinski definition) is 4. The highest BCUT2D eigenvalue weighted by Crippen LogP contribution is 2.38. The maximum absolute atomic E-state index is 11.3. The zero-order chi connectivity index (χ0) is 16.3. The number of carboxylic acids is 2. The fourth-order valence-electron chi connectivity index (χ4n) is 1.91. The Bertz CT molecular complexity index is 689. The van der Waals surface area contributed by atoms with Crippen LogP contribution in [0.5, 0.6) is 5.75 Å². The van der Waals surface area contributed by atoms with Crippen LogP contribution in [-0.4, -0.2) is 32.4 Å². The molecule has 0 radical (unpaired) electrons. The van der Waals surface area contributed by atoms with Crippen LogP contribution in [-0.2, 0) is 9.59 Å². The quantitative estimate of drug-likeness (QED) is 0.497. The van der Waals surface area contributed by atoms with Crippen LogP contribution in [0, 0.1) is 5.41 Å². The normalized spacial score (nSPS) is 16.9. The molecule has 0 spiro atoms. The largest absolute Gasteiger partial charge is 0.510 e. The van der Waals surface area contributed by atoms with Crippen molar-refractivity contribution in [3.8, 4) is 5.75 Å². The van der Waals surface area contributed by atoms with Crippen LogP contribution in [0.3, 0.4) is 0 Å². The van der Waals surface area contributed by atoms with Gasteiger partial charge in [-0.15, -0.1) is 0 Å². The Labute approximate surface area is 124 Å². The number of nitrogens with zero attached hydrogens (tertiary/aromatic N) is 2.